The number of aliphatic hydroxyl groups excluding tert-OH is 1. The summed E-state index contributed by atoms with van der Waals surface area (Å²) in [6.45, 7) is 2.26. The number of hydrogen-bond acceptors (Lipinski definition) is 5. The van der Waals surface area contributed by atoms with Crippen molar-refractivity contribution in [2.24, 2.45) is 0 Å². The van der Waals surface area contributed by atoms with Crippen LogP contribution in [0, 0.1) is 0 Å². The van der Waals surface area contributed by atoms with Crippen LogP contribution in [-0.4, -0.2) is 55.3 Å². The Hall–Kier alpha value is -2.78. The lowest BCUT2D eigenvalue weighted by atomic mass is 10.00. The number of amides is 1. The molecule has 188 valence electrons. The number of ether oxygens (including phenoxy) is 2. The molecule has 0 aromatic heterocycles. The van der Waals surface area contributed by atoms with Crippen molar-refractivity contribution in [3.8, 4) is 11.5 Å². The van der Waals surface area contributed by atoms with E-state index in [9.17, 15) is 23.1 Å². The number of likely N-dealkylation sites (tertiary alicyclic amines) is 1. The summed E-state index contributed by atoms with van der Waals surface area (Å²) in [5.74, 6) is 0.989. The minimum atomic E-state index is -4.45. The summed E-state index contributed by atoms with van der Waals surface area (Å²) in [7, 11) is 1.57. The zero-order valence-corrected chi connectivity index (χ0v) is 18.5. The van der Waals surface area contributed by atoms with Gasteiger partial charge in [-0.05, 0) is 67.9 Å². The quantitative estimate of drug-likeness (QED) is 0.524. The highest BCUT2D eigenvalue weighted by molar-refractivity contribution is 5.76. The summed E-state index contributed by atoms with van der Waals surface area (Å²) in [6.07, 6.45) is -3.45. The molecule has 1 heterocycles. The Morgan fingerprint density at radius 3 is 2.21 bits per heavy atom. The number of methoxy groups -OCH3 is 1. The number of nitrogens with one attached hydrogen (secondary N) is 1. The van der Waals surface area contributed by atoms with E-state index < -0.39 is 23.9 Å². The fraction of sp³-hybridized carbons (Fsp3) is 0.480. The van der Waals surface area contributed by atoms with Crippen LogP contribution in [0.4, 0.5) is 13.2 Å². The number of alkyl halides is 3. The second kappa shape index (κ2) is 12.6. The Bertz CT molecular complexity index is 883. The standard InChI is InChI=1S/C24H29F3N2O4.CH4/c1-32-19-8-10-20(11-9-19)33-15-12-22(30)28-21(16-29-13-2-3-14-29)23(31)17-4-6-18(7-5-17)24(25,26)27;/h4-11,21,23,31H,2-3,12-16H2,1H3,(H,28,30);1H4/t21-,23-;/m1./s1. The Labute approximate surface area is 198 Å². The maximum atomic E-state index is 12.9. The van der Waals surface area contributed by atoms with E-state index in [4.69, 9.17) is 9.47 Å². The molecular weight excluding hydrogens is 449 g/mol. The molecule has 0 spiro atoms. The first-order valence-electron chi connectivity index (χ1n) is 10.9. The Kier molecular flexibility index (Phi) is 10.2. The first kappa shape index (κ1) is 27.5. The van der Waals surface area contributed by atoms with Crippen LogP contribution in [0.5, 0.6) is 11.5 Å². The summed E-state index contributed by atoms with van der Waals surface area (Å²) in [5, 5.41) is 13.7. The number of carbonyl (C=O) groups excluding carboxylic acids is 1. The minimum Gasteiger partial charge on any atom is -0.497 e. The average molecular weight is 483 g/mol. The van der Waals surface area contributed by atoms with Crippen LogP contribution in [0.15, 0.2) is 48.5 Å². The maximum absolute atomic E-state index is 12.9. The van der Waals surface area contributed by atoms with Crippen LogP contribution < -0.4 is 14.8 Å². The second-order valence-electron chi connectivity index (χ2n) is 8.02. The molecule has 34 heavy (non-hydrogen) atoms. The molecule has 1 aliphatic heterocycles. The van der Waals surface area contributed by atoms with Crippen LogP contribution in [0.25, 0.3) is 0 Å². The lowest BCUT2D eigenvalue weighted by Crippen LogP contribution is -2.47. The third-order valence-electron chi connectivity index (χ3n) is 5.62. The molecule has 1 amide bonds. The van der Waals surface area contributed by atoms with Crippen molar-refractivity contribution in [2.75, 3.05) is 33.4 Å². The molecule has 0 saturated carbocycles. The van der Waals surface area contributed by atoms with Gasteiger partial charge in [0.15, 0.2) is 0 Å². The Morgan fingerprint density at radius 2 is 1.65 bits per heavy atom. The van der Waals surface area contributed by atoms with Gasteiger partial charge in [-0.1, -0.05) is 19.6 Å². The highest BCUT2D eigenvalue weighted by Gasteiger charge is 2.31. The molecular formula is C25H33F3N2O4. The van der Waals surface area contributed by atoms with Crippen molar-refractivity contribution in [2.45, 2.75) is 45.0 Å². The van der Waals surface area contributed by atoms with Crippen molar-refractivity contribution < 1.29 is 32.5 Å². The molecule has 2 atom stereocenters. The summed E-state index contributed by atoms with van der Waals surface area (Å²) in [5.41, 5.74) is -0.462. The van der Waals surface area contributed by atoms with E-state index in [1.807, 2.05) is 0 Å². The SMILES string of the molecule is C.COc1ccc(OCCC(=O)N[C@H](CN2CCCC2)[C@H](O)c2ccc(C(F)(F)F)cc2)cc1. The highest BCUT2D eigenvalue weighted by Crippen LogP contribution is 2.30. The number of halogens is 3. The van der Waals surface area contributed by atoms with Crippen molar-refractivity contribution in [3.63, 3.8) is 0 Å². The molecule has 2 N–H and O–H groups in total. The van der Waals surface area contributed by atoms with Gasteiger partial charge in [0.2, 0.25) is 5.91 Å². The lowest BCUT2D eigenvalue weighted by Gasteiger charge is -2.29. The fourth-order valence-electron chi connectivity index (χ4n) is 3.78. The molecule has 0 aliphatic carbocycles. The number of nitrogens with zero attached hydrogens (tertiary/aromatic N) is 1. The molecule has 6 nitrogen and oxygen atoms in total. The van der Waals surface area contributed by atoms with E-state index in [0.717, 1.165) is 38.1 Å². The smallest absolute Gasteiger partial charge is 0.416 e. The Morgan fingerprint density at radius 1 is 1.06 bits per heavy atom. The van der Waals surface area contributed by atoms with Crippen molar-refractivity contribution in [1.29, 1.82) is 0 Å². The van der Waals surface area contributed by atoms with Gasteiger partial charge in [-0.2, -0.15) is 13.2 Å². The summed E-state index contributed by atoms with van der Waals surface area (Å²) < 4.78 is 49.2. The Balaban J connectivity index is 0.00000408. The number of carbonyl (C=O) groups is 1. The predicted octanol–water partition coefficient (Wildman–Crippen LogP) is 4.43. The van der Waals surface area contributed by atoms with Gasteiger partial charge in [0.05, 0.1) is 31.7 Å². The van der Waals surface area contributed by atoms with Crippen molar-refractivity contribution in [1.82, 2.24) is 10.2 Å². The van der Waals surface area contributed by atoms with E-state index in [2.05, 4.69) is 10.2 Å². The lowest BCUT2D eigenvalue weighted by molar-refractivity contribution is -0.137. The molecule has 1 fully saturated rings. The fourth-order valence-corrected chi connectivity index (χ4v) is 3.78. The number of rotatable bonds is 10. The molecule has 1 saturated heterocycles. The van der Waals surface area contributed by atoms with Gasteiger partial charge < -0.3 is 24.8 Å². The van der Waals surface area contributed by atoms with Gasteiger partial charge in [-0.15, -0.1) is 0 Å². The van der Waals surface area contributed by atoms with E-state index >= 15 is 0 Å². The van der Waals surface area contributed by atoms with Gasteiger partial charge >= 0.3 is 6.18 Å². The topological polar surface area (TPSA) is 71.0 Å². The number of benzene rings is 2. The third-order valence-corrected chi connectivity index (χ3v) is 5.62. The predicted molar refractivity (Wildman–Crippen MR) is 124 cm³/mol. The zero-order valence-electron chi connectivity index (χ0n) is 18.5. The monoisotopic (exact) mass is 482 g/mol. The molecule has 1 aliphatic rings. The average Bonchev–Trinajstić information content (AvgIpc) is 3.31. The second-order valence-corrected chi connectivity index (χ2v) is 8.02. The van der Waals surface area contributed by atoms with E-state index in [0.29, 0.717) is 23.6 Å². The van der Waals surface area contributed by atoms with Crippen LogP contribution in [0.2, 0.25) is 0 Å². The molecule has 9 heteroatoms. The van der Waals surface area contributed by atoms with E-state index in [1.165, 1.54) is 12.1 Å². The van der Waals surface area contributed by atoms with Crippen LogP contribution in [0.3, 0.4) is 0 Å². The summed E-state index contributed by atoms with van der Waals surface area (Å²) >= 11 is 0. The van der Waals surface area contributed by atoms with E-state index in [1.54, 1.807) is 31.4 Å². The van der Waals surface area contributed by atoms with Crippen molar-refractivity contribution >= 4 is 5.91 Å². The molecule has 0 radical (unpaired) electrons. The van der Waals surface area contributed by atoms with Gasteiger partial charge in [0.25, 0.3) is 0 Å². The summed E-state index contributed by atoms with van der Waals surface area (Å²) in [6, 6.07) is 10.7. The third kappa shape index (κ3) is 7.92. The van der Waals surface area contributed by atoms with Gasteiger partial charge in [0.1, 0.15) is 17.6 Å². The van der Waals surface area contributed by atoms with Crippen LogP contribution >= 0.6 is 0 Å². The first-order chi connectivity index (χ1) is 15.8. The van der Waals surface area contributed by atoms with Crippen molar-refractivity contribution in [3.05, 3.63) is 59.7 Å². The molecule has 0 unspecified atom stereocenters. The zero-order chi connectivity index (χ0) is 23.8. The van der Waals surface area contributed by atoms with Crippen LogP contribution in [-0.2, 0) is 11.0 Å². The highest BCUT2D eigenvalue weighted by atomic mass is 19.4. The largest absolute Gasteiger partial charge is 0.497 e. The van der Waals surface area contributed by atoms with Gasteiger partial charge in [-0.25, -0.2) is 0 Å². The number of hydrogen-bond donors (Lipinski definition) is 2. The van der Waals surface area contributed by atoms with Gasteiger partial charge in [0, 0.05) is 6.54 Å². The maximum Gasteiger partial charge on any atom is 0.416 e. The minimum absolute atomic E-state index is 0. The molecule has 2 aromatic carbocycles. The van der Waals surface area contributed by atoms with Gasteiger partial charge in [-0.3, -0.25) is 4.79 Å². The number of aliphatic hydroxyl groups is 1. The molecule has 3 rings (SSSR count). The normalized spacial score (nSPS) is 15.8. The molecule has 0 bridgehead atoms. The summed E-state index contributed by atoms with van der Waals surface area (Å²) in [4.78, 5) is 14.7. The van der Waals surface area contributed by atoms with E-state index in [-0.39, 0.29) is 26.4 Å². The first-order valence-corrected chi connectivity index (χ1v) is 10.9. The molecule has 2 aromatic rings. The van der Waals surface area contributed by atoms with Crippen LogP contribution in [0.1, 0.15) is 43.9 Å².